The molecule has 2 aromatic rings. The molecule has 0 aliphatic heterocycles. The van der Waals surface area contributed by atoms with Crippen molar-refractivity contribution in [3.63, 3.8) is 0 Å². The van der Waals surface area contributed by atoms with Gasteiger partial charge >= 0.3 is 0 Å². The van der Waals surface area contributed by atoms with Crippen LogP contribution in [0, 0.1) is 0 Å². The summed E-state index contributed by atoms with van der Waals surface area (Å²) in [4.78, 5) is 12.0. The molecule has 0 aliphatic rings. The van der Waals surface area contributed by atoms with E-state index in [0.717, 1.165) is 10.7 Å². The van der Waals surface area contributed by atoms with Gasteiger partial charge in [-0.05, 0) is 11.5 Å². The summed E-state index contributed by atoms with van der Waals surface area (Å²) in [6.45, 7) is 1.47. The van der Waals surface area contributed by atoms with Gasteiger partial charge in [0.05, 0.1) is 18.8 Å². The first-order valence-electron chi connectivity index (χ1n) is 6.36. The zero-order chi connectivity index (χ0) is 14.4. The lowest BCUT2D eigenvalue weighted by molar-refractivity contribution is 0.0922. The minimum Gasteiger partial charge on any atom is -0.506 e. The van der Waals surface area contributed by atoms with Crippen LogP contribution in [0.25, 0.3) is 10.8 Å². The monoisotopic (exact) mass is 337 g/mol. The number of fused-ring (bicyclic) bond motifs is 1. The number of phenols is 1. The van der Waals surface area contributed by atoms with Gasteiger partial charge in [-0.25, -0.2) is 0 Å². The number of benzene rings is 2. The third kappa shape index (κ3) is 3.49. The second-order valence-corrected chi connectivity index (χ2v) is 5.03. The average Bonchev–Trinajstić information content (AvgIpc) is 2.47. The predicted octanol–water partition coefficient (Wildman–Crippen LogP) is 2.69. The van der Waals surface area contributed by atoms with E-state index in [-0.39, 0.29) is 17.2 Å². The van der Waals surface area contributed by atoms with Crippen molar-refractivity contribution in [3.05, 3.63) is 42.0 Å². The number of hydrogen-bond acceptors (Lipinski definition) is 3. The van der Waals surface area contributed by atoms with Crippen LogP contribution in [0.5, 0.6) is 5.75 Å². The zero-order valence-electron chi connectivity index (χ0n) is 10.9. The van der Waals surface area contributed by atoms with E-state index < -0.39 is 0 Å². The van der Waals surface area contributed by atoms with Gasteiger partial charge in [0.25, 0.3) is 5.91 Å². The Morgan fingerprint density at radius 1 is 1.20 bits per heavy atom. The van der Waals surface area contributed by atoms with Crippen LogP contribution in [0.2, 0.25) is 0 Å². The Hall–Kier alpha value is -1.59. The van der Waals surface area contributed by atoms with Gasteiger partial charge in [0.2, 0.25) is 0 Å². The summed E-state index contributed by atoms with van der Waals surface area (Å²) in [5.41, 5.74) is 0.282. The first-order chi connectivity index (χ1) is 9.74. The molecular formula is C15H16BrNO3. The standard InChI is InChI=1S/C15H16BrNO3/c16-7-9-20-10-8-17-15(19)13-6-5-11-3-1-2-4-12(11)14(13)18/h1-6,18H,7-10H2,(H,17,19). The van der Waals surface area contributed by atoms with Gasteiger partial charge in [0.15, 0.2) is 0 Å². The average molecular weight is 338 g/mol. The molecule has 0 aromatic heterocycles. The third-order valence-corrected chi connectivity index (χ3v) is 3.22. The molecule has 0 spiro atoms. The number of nitrogens with one attached hydrogen (secondary N) is 1. The molecule has 0 radical (unpaired) electrons. The highest BCUT2D eigenvalue weighted by Crippen LogP contribution is 2.28. The highest BCUT2D eigenvalue weighted by Gasteiger charge is 2.12. The molecule has 4 nitrogen and oxygen atoms in total. The Morgan fingerprint density at radius 3 is 2.80 bits per heavy atom. The van der Waals surface area contributed by atoms with Gasteiger partial charge in [0, 0.05) is 17.3 Å². The molecule has 2 rings (SSSR count). The Labute approximate surface area is 125 Å². The fraction of sp³-hybridized carbons (Fsp3) is 0.267. The van der Waals surface area contributed by atoms with Gasteiger partial charge in [0.1, 0.15) is 5.75 Å². The number of phenolic OH excluding ortho intramolecular Hbond substituents is 1. The molecule has 5 heteroatoms. The lowest BCUT2D eigenvalue weighted by Crippen LogP contribution is -2.27. The van der Waals surface area contributed by atoms with Crippen molar-refractivity contribution in [2.45, 2.75) is 0 Å². The Balaban J connectivity index is 2.05. The second-order valence-electron chi connectivity index (χ2n) is 4.24. The lowest BCUT2D eigenvalue weighted by atomic mass is 10.0. The maximum absolute atomic E-state index is 12.0. The Morgan fingerprint density at radius 2 is 2.00 bits per heavy atom. The van der Waals surface area contributed by atoms with Crippen LogP contribution in [0.4, 0.5) is 0 Å². The lowest BCUT2D eigenvalue weighted by Gasteiger charge is -2.09. The number of amides is 1. The Kier molecular flexibility index (Phi) is 5.38. The number of ether oxygens (including phenoxy) is 1. The van der Waals surface area contributed by atoms with Gasteiger partial charge < -0.3 is 15.2 Å². The topological polar surface area (TPSA) is 58.6 Å². The van der Waals surface area contributed by atoms with E-state index >= 15 is 0 Å². The largest absolute Gasteiger partial charge is 0.506 e. The molecule has 0 fully saturated rings. The predicted molar refractivity (Wildman–Crippen MR) is 82.6 cm³/mol. The quantitative estimate of drug-likeness (QED) is 0.629. The molecule has 0 aliphatic carbocycles. The van der Waals surface area contributed by atoms with Crippen molar-refractivity contribution in [2.24, 2.45) is 0 Å². The molecule has 0 bridgehead atoms. The number of rotatable bonds is 6. The van der Waals surface area contributed by atoms with Crippen LogP contribution < -0.4 is 5.32 Å². The van der Waals surface area contributed by atoms with E-state index in [9.17, 15) is 9.90 Å². The number of hydrogen-bond donors (Lipinski definition) is 2. The smallest absolute Gasteiger partial charge is 0.255 e. The van der Waals surface area contributed by atoms with Crippen molar-refractivity contribution in [2.75, 3.05) is 25.1 Å². The third-order valence-electron chi connectivity index (χ3n) is 2.90. The number of aromatic hydroxyl groups is 1. The molecule has 0 heterocycles. The SMILES string of the molecule is O=C(NCCOCCBr)c1ccc2ccccc2c1O. The van der Waals surface area contributed by atoms with Crippen LogP contribution in [0.3, 0.4) is 0 Å². The fourth-order valence-electron chi connectivity index (χ4n) is 1.93. The summed E-state index contributed by atoms with van der Waals surface area (Å²) in [7, 11) is 0. The zero-order valence-corrected chi connectivity index (χ0v) is 12.5. The fourth-order valence-corrected chi connectivity index (χ4v) is 2.16. The molecule has 0 saturated heterocycles. The number of halogens is 1. The molecule has 2 aromatic carbocycles. The number of carbonyl (C=O) groups excluding carboxylic acids is 1. The summed E-state index contributed by atoms with van der Waals surface area (Å²) in [6, 6.07) is 10.9. The van der Waals surface area contributed by atoms with E-state index in [1.165, 1.54) is 0 Å². The van der Waals surface area contributed by atoms with Crippen LogP contribution in [-0.4, -0.2) is 36.1 Å². The summed E-state index contributed by atoms with van der Waals surface area (Å²) >= 11 is 3.25. The summed E-state index contributed by atoms with van der Waals surface area (Å²) in [5, 5.41) is 15.2. The van der Waals surface area contributed by atoms with Crippen molar-refractivity contribution in [1.82, 2.24) is 5.32 Å². The van der Waals surface area contributed by atoms with Gasteiger partial charge in [-0.2, -0.15) is 0 Å². The van der Waals surface area contributed by atoms with Gasteiger partial charge in [-0.3, -0.25) is 4.79 Å². The summed E-state index contributed by atoms with van der Waals surface area (Å²) in [5.74, 6) is -0.280. The molecular weight excluding hydrogens is 322 g/mol. The van der Waals surface area contributed by atoms with Crippen molar-refractivity contribution in [1.29, 1.82) is 0 Å². The van der Waals surface area contributed by atoms with E-state index in [4.69, 9.17) is 4.74 Å². The van der Waals surface area contributed by atoms with Crippen LogP contribution in [-0.2, 0) is 4.74 Å². The van der Waals surface area contributed by atoms with E-state index in [1.807, 2.05) is 24.3 Å². The van der Waals surface area contributed by atoms with Crippen molar-refractivity contribution < 1.29 is 14.6 Å². The summed E-state index contributed by atoms with van der Waals surface area (Å²) in [6.07, 6.45) is 0. The summed E-state index contributed by atoms with van der Waals surface area (Å²) < 4.78 is 5.25. The normalized spacial score (nSPS) is 10.7. The van der Waals surface area contributed by atoms with Crippen LogP contribution in [0.15, 0.2) is 36.4 Å². The van der Waals surface area contributed by atoms with Crippen molar-refractivity contribution in [3.8, 4) is 5.75 Å². The molecule has 0 atom stereocenters. The van der Waals surface area contributed by atoms with E-state index in [2.05, 4.69) is 21.2 Å². The van der Waals surface area contributed by atoms with Gasteiger partial charge in [-0.1, -0.05) is 46.3 Å². The highest BCUT2D eigenvalue weighted by molar-refractivity contribution is 9.09. The molecule has 1 amide bonds. The molecule has 20 heavy (non-hydrogen) atoms. The maximum atomic E-state index is 12.0. The highest BCUT2D eigenvalue weighted by atomic mass is 79.9. The Bertz CT molecular complexity index is 601. The first-order valence-corrected chi connectivity index (χ1v) is 7.49. The first kappa shape index (κ1) is 14.8. The van der Waals surface area contributed by atoms with Crippen molar-refractivity contribution >= 4 is 32.6 Å². The minimum atomic E-state index is -0.296. The molecule has 2 N–H and O–H groups in total. The second kappa shape index (κ2) is 7.26. The molecule has 0 saturated carbocycles. The van der Waals surface area contributed by atoms with Gasteiger partial charge in [-0.15, -0.1) is 0 Å². The van der Waals surface area contributed by atoms with E-state index in [1.54, 1.807) is 12.1 Å². The molecule has 0 unspecified atom stereocenters. The van der Waals surface area contributed by atoms with E-state index in [0.29, 0.717) is 25.1 Å². The minimum absolute atomic E-state index is 0.0157. The maximum Gasteiger partial charge on any atom is 0.255 e. The number of carbonyl (C=O) groups is 1. The molecule has 106 valence electrons. The van der Waals surface area contributed by atoms with Crippen LogP contribution >= 0.6 is 15.9 Å². The number of alkyl halides is 1. The van der Waals surface area contributed by atoms with Crippen LogP contribution in [0.1, 0.15) is 10.4 Å².